The Labute approximate surface area is 100 Å². The lowest BCUT2D eigenvalue weighted by Crippen LogP contribution is -2.41. The van der Waals surface area contributed by atoms with Gasteiger partial charge in [-0.05, 0) is 19.2 Å². The number of hydrogen-bond donors (Lipinski definition) is 1. The molecule has 0 radical (unpaired) electrons. The molecule has 0 spiro atoms. The van der Waals surface area contributed by atoms with Crippen LogP contribution in [-0.2, 0) is 4.74 Å². The zero-order valence-corrected chi connectivity index (χ0v) is 10.2. The van der Waals surface area contributed by atoms with Gasteiger partial charge in [-0.1, -0.05) is 0 Å². The summed E-state index contributed by atoms with van der Waals surface area (Å²) in [5.74, 6) is 0.946. The normalized spacial score (nSPS) is 22.2. The van der Waals surface area contributed by atoms with Crippen LogP contribution in [0.25, 0.3) is 0 Å². The Bertz CT molecular complexity index is 331. The largest absolute Gasteiger partial charge is 0.397 e. The van der Waals surface area contributed by atoms with Crippen LogP contribution in [0.15, 0.2) is 23.4 Å². The molecule has 1 aromatic rings. The van der Waals surface area contributed by atoms with Crippen molar-refractivity contribution in [1.82, 2.24) is 9.88 Å². The second kappa shape index (κ2) is 5.52. The van der Waals surface area contributed by atoms with E-state index >= 15 is 0 Å². The maximum absolute atomic E-state index is 5.68. The molecule has 2 N–H and O–H groups in total. The van der Waals surface area contributed by atoms with Crippen molar-refractivity contribution in [2.75, 3.05) is 38.2 Å². The number of nitrogens with two attached hydrogens (primary N) is 1. The number of likely N-dealkylation sites (N-methyl/N-ethyl adjacent to an activating group) is 1. The Kier molecular flexibility index (Phi) is 4.04. The molecule has 0 saturated carbocycles. The third-order valence-corrected chi connectivity index (χ3v) is 3.59. The summed E-state index contributed by atoms with van der Waals surface area (Å²) in [6.45, 7) is 2.86. The van der Waals surface area contributed by atoms with Gasteiger partial charge in [-0.25, -0.2) is 4.98 Å². The standard InChI is InChI=1S/C11H17N3OS/c1-14-4-5-15-10(7-14)8-16-11-3-2-9(12)6-13-11/h2-3,6,10H,4-5,7-8,12H2,1H3. The summed E-state index contributed by atoms with van der Waals surface area (Å²) >= 11 is 1.72. The number of rotatable bonds is 3. The van der Waals surface area contributed by atoms with Crippen molar-refractivity contribution in [3.8, 4) is 0 Å². The first-order valence-corrected chi connectivity index (χ1v) is 6.37. The average molecular weight is 239 g/mol. The lowest BCUT2D eigenvalue weighted by molar-refractivity contribution is -0.00599. The summed E-state index contributed by atoms with van der Waals surface area (Å²) in [5.41, 5.74) is 6.29. The SMILES string of the molecule is CN1CCOC(CSc2ccc(N)cn2)C1. The van der Waals surface area contributed by atoms with Crippen LogP contribution in [-0.4, -0.2) is 48.5 Å². The van der Waals surface area contributed by atoms with Gasteiger partial charge in [-0.3, -0.25) is 0 Å². The van der Waals surface area contributed by atoms with Gasteiger partial charge in [0.2, 0.25) is 0 Å². The molecule has 1 aromatic heterocycles. The molecule has 2 rings (SSSR count). The number of morpholine rings is 1. The van der Waals surface area contributed by atoms with Gasteiger partial charge in [-0.2, -0.15) is 0 Å². The van der Waals surface area contributed by atoms with E-state index in [1.54, 1.807) is 18.0 Å². The van der Waals surface area contributed by atoms with Crippen molar-refractivity contribution in [3.63, 3.8) is 0 Å². The molecule has 2 heterocycles. The fourth-order valence-electron chi connectivity index (χ4n) is 1.62. The minimum absolute atomic E-state index is 0.308. The Hall–Kier alpha value is -0.780. The molecule has 0 bridgehead atoms. The van der Waals surface area contributed by atoms with Gasteiger partial charge >= 0.3 is 0 Å². The fourth-order valence-corrected chi connectivity index (χ4v) is 2.47. The van der Waals surface area contributed by atoms with E-state index in [0.717, 1.165) is 30.5 Å². The van der Waals surface area contributed by atoms with E-state index in [1.807, 2.05) is 12.1 Å². The molecule has 0 aliphatic carbocycles. The van der Waals surface area contributed by atoms with Gasteiger partial charge in [-0.15, -0.1) is 11.8 Å². The topological polar surface area (TPSA) is 51.4 Å². The van der Waals surface area contributed by atoms with Crippen LogP contribution < -0.4 is 5.73 Å². The summed E-state index contributed by atoms with van der Waals surface area (Å²) in [6, 6.07) is 3.83. The summed E-state index contributed by atoms with van der Waals surface area (Å²) < 4.78 is 5.68. The zero-order chi connectivity index (χ0) is 11.4. The molecule has 1 fully saturated rings. The molecular formula is C11H17N3OS. The van der Waals surface area contributed by atoms with Crippen molar-refractivity contribution >= 4 is 17.4 Å². The first-order chi connectivity index (χ1) is 7.74. The number of anilines is 1. The Morgan fingerprint density at radius 3 is 3.19 bits per heavy atom. The monoisotopic (exact) mass is 239 g/mol. The molecule has 1 aliphatic heterocycles. The first-order valence-electron chi connectivity index (χ1n) is 5.38. The lowest BCUT2D eigenvalue weighted by Gasteiger charge is -2.29. The van der Waals surface area contributed by atoms with Gasteiger partial charge in [0, 0.05) is 18.8 Å². The average Bonchev–Trinajstić information content (AvgIpc) is 2.28. The molecule has 5 heteroatoms. The van der Waals surface area contributed by atoms with Crippen LogP contribution >= 0.6 is 11.8 Å². The third kappa shape index (κ3) is 3.37. The third-order valence-electron chi connectivity index (χ3n) is 2.52. The number of nitrogens with zero attached hydrogens (tertiary/aromatic N) is 2. The number of nitrogen functional groups attached to an aromatic ring is 1. The van der Waals surface area contributed by atoms with Crippen molar-refractivity contribution in [3.05, 3.63) is 18.3 Å². The molecule has 16 heavy (non-hydrogen) atoms. The molecule has 1 saturated heterocycles. The minimum atomic E-state index is 0.308. The van der Waals surface area contributed by atoms with Crippen LogP contribution in [0.1, 0.15) is 0 Å². The summed E-state index contributed by atoms with van der Waals surface area (Å²) in [6.07, 6.45) is 2.00. The van der Waals surface area contributed by atoms with E-state index in [0.29, 0.717) is 11.8 Å². The highest BCUT2D eigenvalue weighted by molar-refractivity contribution is 7.99. The van der Waals surface area contributed by atoms with E-state index in [9.17, 15) is 0 Å². The van der Waals surface area contributed by atoms with Crippen molar-refractivity contribution < 1.29 is 4.74 Å². The summed E-state index contributed by atoms with van der Waals surface area (Å²) in [7, 11) is 2.13. The van der Waals surface area contributed by atoms with E-state index in [4.69, 9.17) is 10.5 Å². The quantitative estimate of drug-likeness (QED) is 0.800. The number of ether oxygens (including phenoxy) is 1. The Morgan fingerprint density at radius 1 is 1.62 bits per heavy atom. The molecule has 4 nitrogen and oxygen atoms in total. The summed E-state index contributed by atoms with van der Waals surface area (Å²) in [5, 5.41) is 1.01. The number of aromatic nitrogens is 1. The molecule has 1 unspecified atom stereocenters. The smallest absolute Gasteiger partial charge is 0.0962 e. The Morgan fingerprint density at radius 2 is 2.50 bits per heavy atom. The van der Waals surface area contributed by atoms with Gasteiger partial charge in [0.1, 0.15) is 0 Å². The molecule has 0 aromatic carbocycles. The van der Waals surface area contributed by atoms with E-state index in [-0.39, 0.29) is 0 Å². The van der Waals surface area contributed by atoms with Crippen molar-refractivity contribution in [2.24, 2.45) is 0 Å². The van der Waals surface area contributed by atoms with E-state index < -0.39 is 0 Å². The van der Waals surface area contributed by atoms with Crippen LogP contribution in [0.3, 0.4) is 0 Å². The van der Waals surface area contributed by atoms with Crippen LogP contribution in [0.4, 0.5) is 5.69 Å². The highest BCUT2D eigenvalue weighted by atomic mass is 32.2. The van der Waals surface area contributed by atoms with E-state index in [2.05, 4.69) is 16.9 Å². The van der Waals surface area contributed by atoms with Crippen LogP contribution in [0.2, 0.25) is 0 Å². The number of hydrogen-bond acceptors (Lipinski definition) is 5. The second-order valence-corrected chi connectivity index (χ2v) is 5.04. The van der Waals surface area contributed by atoms with Crippen molar-refractivity contribution in [2.45, 2.75) is 11.1 Å². The first kappa shape index (κ1) is 11.7. The fraction of sp³-hybridized carbons (Fsp3) is 0.545. The highest BCUT2D eigenvalue weighted by Gasteiger charge is 2.17. The Balaban J connectivity index is 1.80. The lowest BCUT2D eigenvalue weighted by atomic mass is 10.3. The predicted molar refractivity (Wildman–Crippen MR) is 66.6 cm³/mol. The van der Waals surface area contributed by atoms with Crippen LogP contribution in [0, 0.1) is 0 Å². The van der Waals surface area contributed by atoms with Gasteiger partial charge in [0.05, 0.1) is 29.6 Å². The minimum Gasteiger partial charge on any atom is -0.397 e. The number of pyridine rings is 1. The molecule has 1 atom stereocenters. The van der Waals surface area contributed by atoms with E-state index in [1.165, 1.54) is 0 Å². The van der Waals surface area contributed by atoms with Gasteiger partial charge < -0.3 is 15.4 Å². The van der Waals surface area contributed by atoms with Gasteiger partial charge in [0.25, 0.3) is 0 Å². The maximum Gasteiger partial charge on any atom is 0.0962 e. The molecule has 1 aliphatic rings. The van der Waals surface area contributed by atoms with Crippen LogP contribution in [0.5, 0.6) is 0 Å². The van der Waals surface area contributed by atoms with Gasteiger partial charge in [0.15, 0.2) is 0 Å². The number of thioether (sulfide) groups is 1. The maximum atomic E-state index is 5.68. The second-order valence-electron chi connectivity index (χ2n) is 4.00. The highest BCUT2D eigenvalue weighted by Crippen LogP contribution is 2.19. The molecule has 88 valence electrons. The van der Waals surface area contributed by atoms with Crippen molar-refractivity contribution in [1.29, 1.82) is 0 Å². The molecular weight excluding hydrogens is 222 g/mol. The predicted octanol–water partition coefficient (Wildman–Crippen LogP) is 1.09. The zero-order valence-electron chi connectivity index (χ0n) is 9.43. The molecule has 0 amide bonds. The summed E-state index contributed by atoms with van der Waals surface area (Å²) in [4.78, 5) is 6.55.